The molecule has 0 N–H and O–H groups in total. The van der Waals surface area contributed by atoms with Crippen LogP contribution < -0.4 is 4.90 Å². The highest BCUT2D eigenvalue weighted by Gasteiger charge is 2.26. The Morgan fingerprint density at radius 2 is 1.93 bits per heavy atom. The van der Waals surface area contributed by atoms with E-state index < -0.39 is 0 Å². The summed E-state index contributed by atoms with van der Waals surface area (Å²) in [4.78, 5) is 6.53. The lowest BCUT2D eigenvalue weighted by Gasteiger charge is -2.26. The van der Waals surface area contributed by atoms with Gasteiger partial charge in [0.1, 0.15) is 17.1 Å². The van der Waals surface area contributed by atoms with Gasteiger partial charge in [0, 0.05) is 43.5 Å². The molecule has 0 aliphatic carbocycles. The predicted octanol–water partition coefficient (Wildman–Crippen LogP) is 3.09. The van der Waals surface area contributed by atoms with Gasteiger partial charge in [-0.25, -0.2) is 4.98 Å². The summed E-state index contributed by atoms with van der Waals surface area (Å²) in [6.07, 6.45) is 4.46. The number of hydrogen-bond acceptors (Lipinski definition) is 6. The summed E-state index contributed by atoms with van der Waals surface area (Å²) >= 11 is 0. The van der Waals surface area contributed by atoms with Gasteiger partial charge in [0.15, 0.2) is 11.6 Å². The van der Waals surface area contributed by atoms with Crippen LogP contribution in [0.15, 0.2) is 59.4 Å². The van der Waals surface area contributed by atoms with Crippen LogP contribution in [0.3, 0.4) is 0 Å². The summed E-state index contributed by atoms with van der Waals surface area (Å²) in [5.74, 6) is 2.61. The number of nitrogens with zero attached hydrogens (tertiary/aromatic N) is 6. The second-order valence-electron chi connectivity index (χ2n) is 6.61. The maximum atomic E-state index is 5.58. The molecular weight excluding hydrogens is 340 g/mol. The van der Waals surface area contributed by atoms with E-state index in [1.165, 1.54) is 0 Å². The first-order chi connectivity index (χ1) is 13.3. The summed E-state index contributed by atoms with van der Waals surface area (Å²) in [5.41, 5.74) is 3.87. The van der Waals surface area contributed by atoms with Crippen molar-refractivity contribution >= 4 is 5.82 Å². The zero-order chi connectivity index (χ0) is 18.2. The Labute approximate surface area is 156 Å². The number of rotatable bonds is 3. The van der Waals surface area contributed by atoms with Crippen LogP contribution in [0.25, 0.3) is 22.8 Å². The van der Waals surface area contributed by atoms with Crippen molar-refractivity contribution in [2.75, 3.05) is 11.4 Å². The highest BCUT2D eigenvalue weighted by Crippen LogP contribution is 2.31. The van der Waals surface area contributed by atoms with Gasteiger partial charge in [-0.2, -0.15) is 0 Å². The van der Waals surface area contributed by atoms with Gasteiger partial charge in [0.2, 0.25) is 0 Å². The molecule has 4 aromatic rings. The Bertz CT molecular complexity index is 1070. The van der Waals surface area contributed by atoms with E-state index in [2.05, 4.69) is 37.4 Å². The number of anilines is 1. The van der Waals surface area contributed by atoms with E-state index in [0.717, 1.165) is 52.9 Å². The molecule has 5 rings (SSSR count). The number of aryl methyl sites for hydroxylation is 1. The van der Waals surface area contributed by atoms with Crippen molar-refractivity contribution in [1.29, 1.82) is 0 Å². The smallest absolute Gasteiger partial charge is 0.160 e. The molecule has 3 aromatic heterocycles. The fourth-order valence-electron chi connectivity index (χ4n) is 3.45. The van der Waals surface area contributed by atoms with Crippen LogP contribution in [-0.2, 0) is 20.0 Å². The molecule has 7 nitrogen and oxygen atoms in total. The van der Waals surface area contributed by atoms with E-state index in [1.807, 2.05) is 48.1 Å². The summed E-state index contributed by atoms with van der Waals surface area (Å²) < 4.78 is 7.51. The normalized spacial score (nSPS) is 13.6. The van der Waals surface area contributed by atoms with Gasteiger partial charge in [0.05, 0.1) is 6.54 Å². The van der Waals surface area contributed by atoms with Gasteiger partial charge < -0.3 is 14.0 Å². The standard InChI is InChI=1S/C20H18N6O/c1-25-12-10-21-20(25)16-7-8-18(23-22-16)26-11-9-17-15(13-26)19(24-27-17)14-5-3-2-4-6-14/h2-8,10,12H,9,11,13H2,1H3. The monoisotopic (exact) mass is 358 g/mol. The molecule has 0 unspecified atom stereocenters. The van der Waals surface area contributed by atoms with Crippen LogP contribution in [0.4, 0.5) is 5.82 Å². The zero-order valence-corrected chi connectivity index (χ0v) is 14.9. The van der Waals surface area contributed by atoms with E-state index in [4.69, 9.17) is 4.52 Å². The summed E-state index contributed by atoms with van der Waals surface area (Å²) in [5, 5.41) is 13.1. The first kappa shape index (κ1) is 15.7. The number of fused-ring (bicyclic) bond motifs is 1. The van der Waals surface area contributed by atoms with Gasteiger partial charge in [-0.1, -0.05) is 35.5 Å². The van der Waals surface area contributed by atoms with Crippen LogP contribution in [0, 0.1) is 0 Å². The Hall–Kier alpha value is -3.48. The molecule has 27 heavy (non-hydrogen) atoms. The highest BCUT2D eigenvalue weighted by molar-refractivity contribution is 5.65. The van der Waals surface area contributed by atoms with Gasteiger partial charge in [0.25, 0.3) is 0 Å². The topological polar surface area (TPSA) is 72.9 Å². The lowest BCUT2D eigenvalue weighted by molar-refractivity contribution is 0.378. The van der Waals surface area contributed by atoms with Gasteiger partial charge in [-0.15, -0.1) is 10.2 Å². The van der Waals surface area contributed by atoms with E-state index in [0.29, 0.717) is 6.54 Å². The van der Waals surface area contributed by atoms with Crippen molar-refractivity contribution in [2.45, 2.75) is 13.0 Å². The van der Waals surface area contributed by atoms with E-state index in [1.54, 1.807) is 6.20 Å². The van der Waals surface area contributed by atoms with E-state index >= 15 is 0 Å². The summed E-state index contributed by atoms with van der Waals surface area (Å²) in [7, 11) is 1.95. The minimum Gasteiger partial charge on any atom is -0.360 e. The minimum atomic E-state index is 0.708. The number of imidazole rings is 1. The number of benzene rings is 1. The molecule has 0 bridgehead atoms. The summed E-state index contributed by atoms with van der Waals surface area (Å²) in [6, 6.07) is 14.1. The maximum Gasteiger partial charge on any atom is 0.160 e. The Balaban J connectivity index is 1.43. The van der Waals surface area contributed by atoms with E-state index in [-0.39, 0.29) is 0 Å². The third-order valence-corrected chi connectivity index (χ3v) is 4.90. The third kappa shape index (κ3) is 2.77. The fourth-order valence-corrected chi connectivity index (χ4v) is 3.45. The van der Waals surface area contributed by atoms with E-state index in [9.17, 15) is 0 Å². The minimum absolute atomic E-state index is 0.708. The van der Waals surface area contributed by atoms with Crippen molar-refractivity contribution in [1.82, 2.24) is 24.9 Å². The first-order valence-corrected chi connectivity index (χ1v) is 8.89. The van der Waals surface area contributed by atoms with Crippen LogP contribution in [-0.4, -0.2) is 31.4 Å². The van der Waals surface area contributed by atoms with Crippen LogP contribution in [0.1, 0.15) is 11.3 Å². The molecule has 0 atom stereocenters. The molecule has 0 saturated heterocycles. The average molecular weight is 358 g/mol. The highest BCUT2D eigenvalue weighted by atomic mass is 16.5. The molecule has 4 heterocycles. The van der Waals surface area contributed by atoms with Crippen molar-refractivity contribution < 1.29 is 4.52 Å². The largest absolute Gasteiger partial charge is 0.360 e. The number of aromatic nitrogens is 5. The molecular formula is C20H18N6O. The first-order valence-electron chi connectivity index (χ1n) is 8.89. The molecule has 1 aliphatic rings. The predicted molar refractivity (Wildman–Crippen MR) is 101 cm³/mol. The molecule has 1 aliphatic heterocycles. The van der Waals surface area contributed by atoms with Gasteiger partial charge >= 0.3 is 0 Å². The zero-order valence-electron chi connectivity index (χ0n) is 14.9. The second kappa shape index (κ2) is 6.35. The quantitative estimate of drug-likeness (QED) is 0.560. The molecule has 0 fully saturated rings. The molecule has 0 saturated carbocycles. The molecule has 134 valence electrons. The van der Waals surface area contributed by atoms with Crippen LogP contribution >= 0.6 is 0 Å². The maximum absolute atomic E-state index is 5.58. The lowest BCUT2D eigenvalue weighted by Crippen LogP contribution is -2.30. The Morgan fingerprint density at radius 1 is 1.04 bits per heavy atom. The number of hydrogen-bond donors (Lipinski definition) is 0. The van der Waals surface area contributed by atoms with Crippen molar-refractivity contribution in [2.24, 2.45) is 7.05 Å². The van der Waals surface area contributed by atoms with Crippen molar-refractivity contribution in [3.8, 4) is 22.8 Å². The van der Waals surface area contributed by atoms with Gasteiger partial charge in [-0.05, 0) is 12.1 Å². The van der Waals surface area contributed by atoms with Crippen molar-refractivity contribution in [3.05, 3.63) is 66.2 Å². The Kier molecular flexibility index (Phi) is 3.71. The molecule has 0 spiro atoms. The second-order valence-corrected chi connectivity index (χ2v) is 6.61. The fraction of sp³-hybridized carbons (Fsp3) is 0.200. The molecule has 1 aromatic carbocycles. The molecule has 0 radical (unpaired) electrons. The van der Waals surface area contributed by atoms with Gasteiger partial charge in [-0.3, -0.25) is 0 Å². The lowest BCUT2D eigenvalue weighted by atomic mass is 10.0. The molecule has 7 heteroatoms. The van der Waals surface area contributed by atoms with Crippen LogP contribution in [0.5, 0.6) is 0 Å². The van der Waals surface area contributed by atoms with Crippen molar-refractivity contribution in [3.63, 3.8) is 0 Å². The third-order valence-electron chi connectivity index (χ3n) is 4.90. The average Bonchev–Trinajstić information content (AvgIpc) is 3.34. The Morgan fingerprint density at radius 3 is 2.67 bits per heavy atom. The van der Waals surface area contributed by atoms with Crippen LogP contribution in [0.2, 0.25) is 0 Å². The summed E-state index contributed by atoms with van der Waals surface area (Å²) in [6.45, 7) is 1.53. The SMILES string of the molecule is Cn1ccnc1-c1ccc(N2CCc3onc(-c4ccccc4)c3C2)nn1. The molecule has 0 amide bonds.